The van der Waals surface area contributed by atoms with Crippen molar-refractivity contribution < 1.29 is 24.9 Å². The molecule has 4 unspecified atom stereocenters. The van der Waals surface area contributed by atoms with E-state index in [0.717, 1.165) is 10.9 Å². The second kappa shape index (κ2) is 8.26. The monoisotopic (exact) mass is 394 g/mol. The molecule has 3 aromatic rings. The van der Waals surface area contributed by atoms with E-state index in [2.05, 4.69) is 10.3 Å². The predicted octanol–water partition coefficient (Wildman–Crippen LogP) is 2.03. The molecule has 29 heavy (non-hydrogen) atoms. The SMILES string of the molecule is O=C(Nc1ccc2ncccc2c1)c1cccc(C2CC(O)C(O)C(CO)O2)c1. The number of hydrogen-bond acceptors (Lipinski definition) is 6. The van der Waals surface area contributed by atoms with Crippen molar-refractivity contribution in [3.8, 4) is 0 Å². The summed E-state index contributed by atoms with van der Waals surface area (Å²) in [7, 11) is 0. The van der Waals surface area contributed by atoms with Gasteiger partial charge >= 0.3 is 0 Å². The third-order valence-corrected chi connectivity index (χ3v) is 5.13. The van der Waals surface area contributed by atoms with Gasteiger partial charge in [-0.2, -0.15) is 0 Å². The van der Waals surface area contributed by atoms with E-state index in [9.17, 15) is 20.1 Å². The molecule has 1 amide bonds. The van der Waals surface area contributed by atoms with Crippen molar-refractivity contribution >= 4 is 22.5 Å². The summed E-state index contributed by atoms with van der Waals surface area (Å²) in [6.07, 6.45) is -1.63. The number of ether oxygens (including phenoxy) is 1. The molecule has 0 radical (unpaired) electrons. The molecule has 0 spiro atoms. The minimum Gasteiger partial charge on any atom is -0.394 e. The number of pyridine rings is 1. The molecule has 4 atom stereocenters. The maximum atomic E-state index is 12.7. The first-order valence-electron chi connectivity index (χ1n) is 9.43. The second-order valence-electron chi connectivity index (χ2n) is 7.13. The number of aliphatic hydroxyl groups excluding tert-OH is 3. The molecule has 0 bridgehead atoms. The molecule has 1 aliphatic rings. The molecule has 7 heteroatoms. The minimum absolute atomic E-state index is 0.181. The van der Waals surface area contributed by atoms with E-state index in [1.54, 1.807) is 36.5 Å². The fraction of sp³-hybridized carbons (Fsp3) is 0.273. The number of fused-ring (bicyclic) bond motifs is 1. The van der Waals surface area contributed by atoms with Crippen LogP contribution in [-0.4, -0.2) is 51.1 Å². The van der Waals surface area contributed by atoms with Crippen LogP contribution in [0.1, 0.15) is 28.4 Å². The van der Waals surface area contributed by atoms with Crippen LogP contribution in [0.3, 0.4) is 0 Å². The van der Waals surface area contributed by atoms with E-state index in [4.69, 9.17) is 4.74 Å². The van der Waals surface area contributed by atoms with Gasteiger partial charge in [0.1, 0.15) is 12.2 Å². The van der Waals surface area contributed by atoms with E-state index < -0.39 is 31.0 Å². The van der Waals surface area contributed by atoms with Crippen LogP contribution >= 0.6 is 0 Å². The van der Waals surface area contributed by atoms with Crippen LogP contribution in [0.15, 0.2) is 60.8 Å². The molecule has 2 aromatic carbocycles. The van der Waals surface area contributed by atoms with Gasteiger partial charge in [0.2, 0.25) is 0 Å². The molecule has 4 rings (SSSR count). The summed E-state index contributed by atoms with van der Waals surface area (Å²) >= 11 is 0. The zero-order chi connectivity index (χ0) is 20.4. The number of carbonyl (C=O) groups is 1. The lowest BCUT2D eigenvalue weighted by molar-refractivity contribution is -0.181. The molecule has 1 fully saturated rings. The molecule has 1 aliphatic heterocycles. The largest absolute Gasteiger partial charge is 0.394 e. The summed E-state index contributed by atoms with van der Waals surface area (Å²) in [5.74, 6) is -0.273. The van der Waals surface area contributed by atoms with Crippen LogP contribution in [0, 0.1) is 0 Å². The van der Waals surface area contributed by atoms with Gasteiger partial charge in [-0.15, -0.1) is 0 Å². The van der Waals surface area contributed by atoms with Crippen molar-refractivity contribution in [1.29, 1.82) is 0 Å². The first-order valence-corrected chi connectivity index (χ1v) is 9.43. The molecule has 150 valence electrons. The number of benzene rings is 2. The highest BCUT2D eigenvalue weighted by Crippen LogP contribution is 2.32. The Labute approximate surface area is 167 Å². The molecule has 1 aromatic heterocycles. The number of rotatable bonds is 4. The Hall–Kier alpha value is -2.84. The standard InChI is InChI=1S/C22H22N2O5/c25-12-20-21(27)18(26)11-19(29-20)14-3-1-4-15(9-14)22(28)24-16-6-7-17-13(10-16)5-2-8-23-17/h1-10,18-21,25-27H,11-12H2,(H,24,28). The topological polar surface area (TPSA) is 112 Å². The summed E-state index contributed by atoms with van der Waals surface area (Å²) in [5.41, 5.74) is 2.65. The third-order valence-electron chi connectivity index (χ3n) is 5.13. The van der Waals surface area contributed by atoms with Crippen molar-refractivity contribution in [2.75, 3.05) is 11.9 Å². The fourth-order valence-corrected chi connectivity index (χ4v) is 3.56. The maximum absolute atomic E-state index is 12.7. The normalized spacial score (nSPS) is 24.4. The average molecular weight is 394 g/mol. The zero-order valence-electron chi connectivity index (χ0n) is 15.6. The summed E-state index contributed by atoms with van der Waals surface area (Å²) < 4.78 is 5.71. The lowest BCUT2D eigenvalue weighted by atomic mass is 9.93. The first-order chi connectivity index (χ1) is 14.0. The molecule has 4 N–H and O–H groups in total. The van der Waals surface area contributed by atoms with Crippen molar-refractivity contribution in [3.05, 3.63) is 71.9 Å². The summed E-state index contributed by atoms with van der Waals surface area (Å²) in [6, 6.07) is 16.2. The molecular formula is C22H22N2O5. The fourth-order valence-electron chi connectivity index (χ4n) is 3.56. The van der Waals surface area contributed by atoms with Gasteiger partial charge in [0, 0.05) is 29.3 Å². The second-order valence-corrected chi connectivity index (χ2v) is 7.13. The average Bonchev–Trinajstić information content (AvgIpc) is 2.75. The Morgan fingerprint density at radius 2 is 2.00 bits per heavy atom. The van der Waals surface area contributed by atoms with E-state index in [0.29, 0.717) is 16.8 Å². The number of nitrogens with zero attached hydrogens (tertiary/aromatic N) is 1. The van der Waals surface area contributed by atoms with Gasteiger partial charge in [0.25, 0.3) is 5.91 Å². The Morgan fingerprint density at radius 3 is 2.83 bits per heavy atom. The number of anilines is 1. The third kappa shape index (κ3) is 4.13. The van der Waals surface area contributed by atoms with Crippen LogP contribution in [0.2, 0.25) is 0 Å². The lowest BCUT2D eigenvalue weighted by Crippen LogP contribution is -2.47. The van der Waals surface area contributed by atoms with Gasteiger partial charge in [-0.25, -0.2) is 0 Å². The van der Waals surface area contributed by atoms with Crippen molar-refractivity contribution in [2.45, 2.75) is 30.8 Å². The smallest absolute Gasteiger partial charge is 0.255 e. The first kappa shape index (κ1) is 19.5. The highest BCUT2D eigenvalue weighted by Gasteiger charge is 2.37. The van der Waals surface area contributed by atoms with Crippen molar-refractivity contribution in [3.63, 3.8) is 0 Å². The number of nitrogens with one attached hydrogen (secondary N) is 1. The Bertz CT molecular complexity index is 1020. The van der Waals surface area contributed by atoms with Gasteiger partial charge in [0.15, 0.2) is 0 Å². The molecular weight excluding hydrogens is 372 g/mol. The van der Waals surface area contributed by atoms with Crippen LogP contribution in [0.5, 0.6) is 0 Å². The van der Waals surface area contributed by atoms with Crippen LogP contribution in [0.4, 0.5) is 5.69 Å². The highest BCUT2D eigenvalue weighted by molar-refractivity contribution is 6.05. The number of hydrogen-bond donors (Lipinski definition) is 4. The summed E-state index contributed by atoms with van der Waals surface area (Å²) in [5, 5.41) is 33.1. The van der Waals surface area contributed by atoms with E-state index in [-0.39, 0.29) is 12.3 Å². The lowest BCUT2D eigenvalue weighted by Gasteiger charge is -2.36. The number of aliphatic hydroxyl groups is 3. The van der Waals surface area contributed by atoms with Crippen LogP contribution in [0.25, 0.3) is 10.9 Å². The van der Waals surface area contributed by atoms with Crippen molar-refractivity contribution in [2.24, 2.45) is 0 Å². The quantitative estimate of drug-likeness (QED) is 0.539. The molecule has 2 heterocycles. The van der Waals surface area contributed by atoms with Gasteiger partial charge in [0.05, 0.1) is 24.3 Å². The molecule has 7 nitrogen and oxygen atoms in total. The molecule has 1 saturated heterocycles. The number of amides is 1. The van der Waals surface area contributed by atoms with Crippen LogP contribution in [-0.2, 0) is 4.74 Å². The van der Waals surface area contributed by atoms with E-state index in [1.165, 1.54) is 0 Å². The Kier molecular flexibility index (Phi) is 5.55. The number of aromatic nitrogens is 1. The van der Waals surface area contributed by atoms with Gasteiger partial charge in [-0.1, -0.05) is 18.2 Å². The maximum Gasteiger partial charge on any atom is 0.255 e. The van der Waals surface area contributed by atoms with Gasteiger partial charge in [-0.3, -0.25) is 9.78 Å². The van der Waals surface area contributed by atoms with Gasteiger partial charge in [-0.05, 0) is 42.0 Å². The molecule has 0 aliphatic carbocycles. The minimum atomic E-state index is -1.13. The summed E-state index contributed by atoms with van der Waals surface area (Å²) in [4.78, 5) is 17.0. The van der Waals surface area contributed by atoms with E-state index >= 15 is 0 Å². The van der Waals surface area contributed by atoms with Gasteiger partial charge < -0.3 is 25.4 Å². The predicted molar refractivity (Wildman–Crippen MR) is 107 cm³/mol. The number of carbonyl (C=O) groups excluding carboxylic acids is 1. The van der Waals surface area contributed by atoms with E-state index in [1.807, 2.05) is 24.3 Å². The zero-order valence-corrected chi connectivity index (χ0v) is 15.6. The molecule has 0 saturated carbocycles. The van der Waals surface area contributed by atoms with Crippen LogP contribution < -0.4 is 5.32 Å². The Balaban J connectivity index is 1.52. The van der Waals surface area contributed by atoms with Crippen molar-refractivity contribution in [1.82, 2.24) is 4.98 Å². The highest BCUT2D eigenvalue weighted by atomic mass is 16.5. The Morgan fingerprint density at radius 1 is 1.14 bits per heavy atom. The summed E-state index contributed by atoms with van der Waals surface area (Å²) in [6.45, 7) is -0.397.